The number of alkyl halides is 3. The summed E-state index contributed by atoms with van der Waals surface area (Å²) >= 11 is 0. The van der Waals surface area contributed by atoms with E-state index >= 15 is 8.78 Å². The van der Waals surface area contributed by atoms with Gasteiger partial charge in [-0.2, -0.15) is 13.2 Å². The van der Waals surface area contributed by atoms with Crippen molar-refractivity contribution in [2.45, 2.75) is 50.6 Å². The smallest absolute Gasteiger partial charge is 0.417 e. The van der Waals surface area contributed by atoms with Crippen LogP contribution in [0.2, 0.25) is 0 Å². The molecule has 3 atom stereocenters. The molecule has 3 aliphatic rings. The third-order valence-electron chi connectivity index (χ3n) is 9.09. The van der Waals surface area contributed by atoms with Crippen LogP contribution in [0.25, 0.3) is 22.0 Å². The fraction of sp³-hybridized carbons (Fsp3) is 0.353. The largest absolute Gasteiger partial charge is 0.467 e. The second-order valence-corrected chi connectivity index (χ2v) is 12.0. The topological polar surface area (TPSA) is 103 Å². The Kier molecular flexibility index (Phi) is 8.71. The molecule has 0 aliphatic carbocycles. The van der Waals surface area contributed by atoms with Crippen molar-refractivity contribution in [3.8, 4) is 11.1 Å². The van der Waals surface area contributed by atoms with E-state index in [0.29, 0.717) is 18.7 Å². The highest BCUT2D eigenvalue weighted by atomic mass is 19.4. The number of nitrogens with zero attached hydrogens (tertiary/aromatic N) is 3. The van der Waals surface area contributed by atoms with Gasteiger partial charge in [-0.05, 0) is 49.6 Å². The van der Waals surface area contributed by atoms with Gasteiger partial charge in [0, 0.05) is 48.5 Å². The highest BCUT2D eigenvalue weighted by Crippen LogP contribution is 2.39. The maximum absolute atomic E-state index is 15.3. The highest BCUT2D eigenvalue weighted by Gasteiger charge is 2.38. The zero-order valence-electron chi connectivity index (χ0n) is 26.2. The molecule has 0 saturated carbocycles. The molecule has 1 N–H and O–H groups in total. The number of hydrogen-bond acceptors (Lipinski definition) is 7. The Morgan fingerprint density at radius 3 is 2.46 bits per heavy atom. The number of amides is 1. The highest BCUT2D eigenvalue weighted by molar-refractivity contribution is 5.99. The van der Waals surface area contributed by atoms with Crippen LogP contribution >= 0.6 is 0 Å². The number of methoxy groups -OCH3 is 1. The van der Waals surface area contributed by atoms with Gasteiger partial charge in [-0.15, -0.1) is 0 Å². The van der Waals surface area contributed by atoms with Crippen LogP contribution in [-0.4, -0.2) is 59.9 Å². The van der Waals surface area contributed by atoms with Crippen LogP contribution in [0.15, 0.2) is 53.5 Å². The Balaban J connectivity index is 1.33. The zero-order valence-corrected chi connectivity index (χ0v) is 26.2. The molecule has 7 rings (SSSR count). The van der Waals surface area contributed by atoms with E-state index in [1.807, 2.05) is 4.90 Å². The van der Waals surface area contributed by atoms with Gasteiger partial charge in [0.05, 0.1) is 42.5 Å². The molecule has 3 aliphatic heterocycles. The minimum atomic E-state index is -4.85. The third-order valence-corrected chi connectivity index (χ3v) is 9.09. The standard InChI is InChI=1S/C34H31F5N4O5/c1-17-11-24(34(37,38)39)28(32(45)42(17)2)23-9-6-18(22-5-4-10-40-30(22)23)12-27(33(46)47-3)41-31(44)29-25(35)13-20(14-26(29)36)43-15-21-8-7-19(43)16-48-21/h4-6,9-11,13-14,19,21,27H,7-8,12,15-16H2,1-3H3,(H,41,44)/t19?,21?,27-/m0/s1. The number of esters is 1. The monoisotopic (exact) mass is 670 g/mol. The number of nitrogens with one attached hydrogen (secondary N) is 1. The number of halogens is 5. The number of aryl methyl sites for hydroxylation is 1. The first-order valence-electron chi connectivity index (χ1n) is 15.2. The number of aromatic nitrogens is 2. The molecule has 3 saturated heterocycles. The normalized spacial score (nSPS) is 18.2. The van der Waals surface area contributed by atoms with Crippen LogP contribution in [-0.2, 0) is 33.9 Å². The summed E-state index contributed by atoms with van der Waals surface area (Å²) in [6.45, 7) is 2.30. The molecule has 4 aromatic rings. The number of hydrogen-bond donors (Lipinski definition) is 1. The number of carbonyl (C=O) groups is 2. The quantitative estimate of drug-likeness (QED) is 0.216. The van der Waals surface area contributed by atoms with E-state index in [-0.39, 0.29) is 46.4 Å². The fourth-order valence-corrected chi connectivity index (χ4v) is 6.51. The molecule has 252 valence electrons. The number of carbonyl (C=O) groups excluding carboxylic acids is 2. The molecule has 2 aromatic carbocycles. The van der Waals surface area contributed by atoms with Gasteiger partial charge < -0.3 is 24.3 Å². The summed E-state index contributed by atoms with van der Waals surface area (Å²) in [6, 6.07) is 7.31. The summed E-state index contributed by atoms with van der Waals surface area (Å²) in [5.74, 6) is -4.37. The van der Waals surface area contributed by atoms with Crippen molar-refractivity contribution < 1.29 is 41.0 Å². The first-order chi connectivity index (χ1) is 22.8. The summed E-state index contributed by atoms with van der Waals surface area (Å²) in [5.41, 5.74) is -2.80. The summed E-state index contributed by atoms with van der Waals surface area (Å²) < 4.78 is 84.8. The van der Waals surface area contributed by atoms with Crippen LogP contribution < -0.4 is 15.8 Å². The van der Waals surface area contributed by atoms with E-state index in [2.05, 4.69) is 10.3 Å². The maximum Gasteiger partial charge on any atom is 0.417 e. The first-order valence-corrected chi connectivity index (χ1v) is 15.2. The van der Waals surface area contributed by atoms with Gasteiger partial charge in [0.15, 0.2) is 0 Å². The number of fused-ring (bicyclic) bond motifs is 4. The minimum absolute atomic E-state index is 0.0399. The summed E-state index contributed by atoms with van der Waals surface area (Å²) in [5, 5.41) is 2.64. The van der Waals surface area contributed by atoms with Gasteiger partial charge in [0.2, 0.25) is 0 Å². The van der Waals surface area contributed by atoms with Crippen LogP contribution in [0.1, 0.15) is 40.0 Å². The van der Waals surface area contributed by atoms with Crippen molar-refractivity contribution >= 4 is 28.5 Å². The average Bonchev–Trinajstić information content (AvgIpc) is 3.06. The molecular formula is C34H31F5N4O5. The van der Waals surface area contributed by atoms with E-state index in [0.717, 1.165) is 42.7 Å². The Morgan fingerprint density at radius 1 is 1.12 bits per heavy atom. The lowest BCUT2D eigenvalue weighted by Gasteiger charge is -2.46. The van der Waals surface area contributed by atoms with Gasteiger partial charge in [0.1, 0.15) is 23.2 Å². The molecule has 2 bridgehead atoms. The molecule has 2 aromatic heterocycles. The molecule has 9 nitrogen and oxygen atoms in total. The van der Waals surface area contributed by atoms with Crippen LogP contribution in [0.4, 0.5) is 27.6 Å². The molecule has 5 heterocycles. The number of rotatable bonds is 7. The predicted octanol–water partition coefficient (Wildman–Crippen LogP) is 5.09. The van der Waals surface area contributed by atoms with Crippen molar-refractivity contribution in [2.75, 3.05) is 25.2 Å². The second-order valence-electron chi connectivity index (χ2n) is 12.0. The van der Waals surface area contributed by atoms with Crippen molar-refractivity contribution in [1.82, 2.24) is 14.9 Å². The Morgan fingerprint density at radius 2 is 1.85 bits per heavy atom. The van der Waals surface area contributed by atoms with Crippen molar-refractivity contribution in [2.24, 2.45) is 7.05 Å². The predicted molar refractivity (Wildman–Crippen MR) is 166 cm³/mol. The second kappa shape index (κ2) is 12.6. The number of ether oxygens (including phenoxy) is 2. The maximum atomic E-state index is 15.3. The van der Waals surface area contributed by atoms with E-state index in [9.17, 15) is 27.6 Å². The van der Waals surface area contributed by atoms with E-state index in [4.69, 9.17) is 9.47 Å². The van der Waals surface area contributed by atoms with Gasteiger partial charge >= 0.3 is 12.1 Å². The van der Waals surface area contributed by atoms with Crippen molar-refractivity contribution in [3.63, 3.8) is 0 Å². The molecular weight excluding hydrogens is 639 g/mol. The number of benzene rings is 2. The fourth-order valence-electron chi connectivity index (χ4n) is 6.51. The zero-order chi connectivity index (χ0) is 34.5. The molecule has 0 radical (unpaired) electrons. The summed E-state index contributed by atoms with van der Waals surface area (Å²) in [6.07, 6.45) is -2.16. The first kappa shape index (κ1) is 33.1. The van der Waals surface area contributed by atoms with Gasteiger partial charge in [-0.1, -0.05) is 18.2 Å². The SMILES string of the molecule is COC(=O)[C@H](Cc1ccc(-c2c(C(F)(F)F)cc(C)n(C)c2=O)c2ncccc12)NC(=O)c1c(F)cc(N2CC3CCC2CO3)cc1F. The third kappa shape index (κ3) is 6.00. The van der Waals surface area contributed by atoms with Crippen molar-refractivity contribution in [3.05, 3.63) is 93.0 Å². The molecule has 48 heavy (non-hydrogen) atoms. The van der Waals surface area contributed by atoms with Gasteiger partial charge in [-0.3, -0.25) is 14.6 Å². The van der Waals surface area contributed by atoms with Gasteiger partial charge in [0.25, 0.3) is 11.5 Å². The lowest BCUT2D eigenvalue weighted by molar-refractivity contribution is -0.143. The molecule has 3 fully saturated rings. The van der Waals surface area contributed by atoms with Crippen LogP contribution in [0.5, 0.6) is 0 Å². The molecule has 1 amide bonds. The molecule has 0 spiro atoms. The summed E-state index contributed by atoms with van der Waals surface area (Å²) in [7, 11) is 2.43. The Bertz CT molecular complexity index is 1960. The lowest BCUT2D eigenvalue weighted by Crippen LogP contribution is -2.54. The number of piperidine rings is 1. The van der Waals surface area contributed by atoms with Crippen LogP contribution in [0.3, 0.4) is 0 Å². The van der Waals surface area contributed by atoms with E-state index < -0.39 is 58.0 Å². The van der Waals surface area contributed by atoms with Crippen molar-refractivity contribution in [1.29, 1.82) is 0 Å². The van der Waals surface area contributed by atoms with Gasteiger partial charge in [-0.25, -0.2) is 13.6 Å². The molecule has 14 heteroatoms. The average molecular weight is 671 g/mol. The van der Waals surface area contributed by atoms with E-state index in [1.54, 1.807) is 6.07 Å². The van der Waals surface area contributed by atoms with E-state index in [1.165, 1.54) is 38.4 Å². The number of morpholine rings is 1. The number of anilines is 1. The Hall–Kier alpha value is -4.85. The lowest BCUT2D eigenvalue weighted by atomic mass is 9.93. The Labute approximate surface area is 271 Å². The summed E-state index contributed by atoms with van der Waals surface area (Å²) in [4.78, 5) is 45.4. The minimum Gasteiger partial charge on any atom is -0.467 e. The number of pyridine rings is 2. The van der Waals surface area contributed by atoms with Crippen LogP contribution in [0, 0.1) is 18.6 Å². The molecule has 2 unspecified atom stereocenters.